The van der Waals surface area contributed by atoms with Crippen molar-refractivity contribution in [3.63, 3.8) is 0 Å². The minimum Gasteiger partial charge on any atom is -0.457 e. The largest absolute Gasteiger partial charge is 0.457 e. The second kappa shape index (κ2) is 11.3. The molecule has 0 aromatic heterocycles. The third kappa shape index (κ3) is 6.42. The molecule has 0 heterocycles. The van der Waals surface area contributed by atoms with Crippen LogP contribution in [-0.2, 0) is 14.3 Å². The van der Waals surface area contributed by atoms with Gasteiger partial charge < -0.3 is 19.5 Å². The van der Waals surface area contributed by atoms with Crippen molar-refractivity contribution in [1.29, 1.82) is 5.41 Å². The fourth-order valence-electron chi connectivity index (χ4n) is 2.59. The Balaban J connectivity index is 2.49. The number of benzene rings is 2. The molecule has 2 aromatic rings. The summed E-state index contributed by atoms with van der Waals surface area (Å²) in [5.41, 5.74) is 0.119. The third-order valence-corrected chi connectivity index (χ3v) is 3.98. The molecule has 11 heteroatoms. The van der Waals surface area contributed by atoms with Crippen molar-refractivity contribution in [2.45, 2.75) is 19.8 Å². The topological polar surface area (TPSA) is 130 Å². The number of nitrogens with zero attached hydrogens (tertiary/aromatic N) is 1. The Morgan fingerprint density at radius 2 is 1.78 bits per heavy atom. The number of rotatable bonds is 6. The molecule has 0 aliphatic rings. The maximum Gasteiger partial charge on any atom is 0.421 e. The molecule has 0 atom stereocenters. The molecule has 0 aliphatic heterocycles. The van der Waals surface area contributed by atoms with E-state index in [4.69, 9.17) is 14.9 Å². The van der Waals surface area contributed by atoms with Gasteiger partial charge in [0.15, 0.2) is 0 Å². The van der Waals surface area contributed by atoms with Gasteiger partial charge in [0, 0.05) is 18.6 Å². The van der Waals surface area contributed by atoms with Gasteiger partial charge in [-0.05, 0) is 30.7 Å². The highest BCUT2D eigenvalue weighted by atomic mass is 19.1. The second-order valence-corrected chi connectivity index (χ2v) is 6.31. The summed E-state index contributed by atoms with van der Waals surface area (Å²) in [4.78, 5) is 36.9. The van der Waals surface area contributed by atoms with E-state index in [2.05, 4.69) is 15.4 Å². The van der Waals surface area contributed by atoms with Gasteiger partial charge in [-0.2, -0.15) is 0 Å². The lowest BCUT2D eigenvalue weighted by Crippen LogP contribution is -2.47. The van der Waals surface area contributed by atoms with Gasteiger partial charge in [0.1, 0.15) is 17.3 Å². The van der Waals surface area contributed by atoms with Crippen LogP contribution in [0.15, 0.2) is 42.5 Å². The Labute approximate surface area is 183 Å². The van der Waals surface area contributed by atoms with Crippen LogP contribution in [0.5, 0.6) is 11.5 Å². The minimum atomic E-state index is -1.00. The molecule has 170 valence electrons. The van der Waals surface area contributed by atoms with Crippen molar-refractivity contribution < 1.29 is 33.0 Å². The zero-order chi connectivity index (χ0) is 23.7. The molecular weight excluding hydrogens is 423 g/mol. The van der Waals surface area contributed by atoms with E-state index < -0.39 is 24.0 Å². The van der Waals surface area contributed by atoms with E-state index >= 15 is 0 Å². The number of ether oxygens (including phenoxy) is 3. The monoisotopic (exact) mass is 446 g/mol. The molecular formula is C21H23FN4O6. The molecule has 3 N–H and O–H groups in total. The molecule has 0 unspecified atom stereocenters. The average Bonchev–Trinajstić information content (AvgIpc) is 2.75. The molecule has 0 radical (unpaired) electrons. The van der Waals surface area contributed by atoms with Crippen molar-refractivity contribution in [3.8, 4) is 11.5 Å². The predicted octanol–water partition coefficient (Wildman–Crippen LogP) is 4.22. The summed E-state index contributed by atoms with van der Waals surface area (Å²) in [6.45, 7) is 1.82. The summed E-state index contributed by atoms with van der Waals surface area (Å²) in [6, 6.07) is 9.68. The number of guanidine groups is 1. The Morgan fingerprint density at radius 3 is 2.41 bits per heavy atom. The smallest absolute Gasteiger partial charge is 0.421 e. The SMILES string of the molecule is CCCC(=O)Nc1cc(Oc2cccc(F)c2)ccc1N(C(=N)NC(=O)OC)C(=O)OC. The molecule has 0 saturated heterocycles. The van der Waals surface area contributed by atoms with Gasteiger partial charge in [-0.25, -0.2) is 18.9 Å². The average molecular weight is 446 g/mol. The van der Waals surface area contributed by atoms with Gasteiger partial charge in [0.25, 0.3) is 0 Å². The molecule has 0 bridgehead atoms. The van der Waals surface area contributed by atoms with Crippen molar-refractivity contribution in [1.82, 2.24) is 5.32 Å². The van der Waals surface area contributed by atoms with Crippen molar-refractivity contribution in [2.75, 3.05) is 24.4 Å². The fraction of sp³-hybridized carbons (Fsp3) is 0.238. The van der Waals surface area contributed by atoms with Crippen LogP contribution < -0.4 is 20.3 Å². The first-order valence-electron chi connectivity index (χ1n) is 9.48. The van der Waals surface area contributed by atoms with Crippen LogP contribution in [-0.4, -0.2) is 38.3 Å². The highest BCUT2D eigenvalue weighted by Gasteiger charge is 2.27. The maximum atomic E-state index is 13.5. The number of halogens is 1. The quantitative estimate of drug-likeness (QED) is 0.450. The maximum absolute atomic E-state index is 13.5. The Morgan fingerprint density at radius 1 is 1.06 bits per heavy atom. The lowest BCUT2D eigenvalue weighted by Gasteiger charge is -2.24. The Kier molecular flexibility index (Phi) is 8.52. The van der Waals surface area contributed by atoms with Crippen LogP contribution in [0.3, 0.4) is 0 Å². The van der Waals surface area contributed by atoms with Crippen LogP contribution in [0.1, 0.15) is 19.8 Å². The van der Waals surface area contributed by atoms with Crippen molar-refractivity contribution in [3.05, 3.63) is 48.3 Å². The molecule has 0 saturated carbocycles. The molecule has 10 nitrogen and oxygen atoms in total. The zero-order valence-electron chi connectivity index (χ0n) is 17.7. The van der Waals surface area contributed by atoms with E-state index in [9.17, 15) is 18.8 Å². The molecule has 2 aromatic carbocycles. The third-order valence-electron chi connectivity index (χ3n) is 3.98. The summed E-state index contributed by atoms with van der Waals surface area (Å²) in [7, 11) is 2.19. The van der Waals surface area contributed by atoms with E-state index in [1.54, 1.807) is 6.07 Å². The minimum absolute atomic E-state index is 0.0225. The van der Waals surface area contributed by atoms with Crippen LogP contribution in [0.4, 0.5) is 25.4 Å². The van der Waals surface area contributed by atoms with Gasteiger partial charge in [0.2, 0.25) is 11.9 Å². The van der Waals surface area contributed by atoms with E-state index in [-0.39, 0.29) is 35.2 Å². The Hall–Kier alpha value is -4.15. The zero-order valence-corrected chi connectivity index (χ0v) is 17.7. The highest BCUT2D eigenvalue weighted by Crippen LogP contribution is 2.33. The molecule has 0 fully saturated rings. The van der Waals surface area contributed by atoms with E-state index in [0.717, 1.165) is 19.1 Å². The number of carbonyl (C=O) groups is 3. The first kappa shape index (κ1) is 24.1. The number of methoxy groups -OCH3 is 2. The highest BCUT2D eigenvalue weighted by molar-refractivity contribution is 6.18. The van der Waals surface area contributed by atoms with Crippen LogP contribution in [0.2, 0.25) is 0 Å². The van der Waals surface area contributed by atoms with Crippen LogP contribution in [0.25, 0.3) is 0 Å². The number of hydrogen-bond acceptors (Lipinski definition) is 7. The standard InChI is InChI=1S/C21H23FN4O6/c1-4-6-18(27)24-16-12-15(32-14-8-5-7-13(22)11-14)9-10-17(16)26(21(29)31-3)19(23)25-20(28)30-2/h5,7-12H,4,6H2,1-3H3,(H,24,27)(H2,23,25,28). The van der Waals surface area contributed by atoms with Gasteiger partial charge >= 0.3 is 12.2 Å². The normalized spacial score (nSPS) is 10.0. The van der Waals surface area contributed by atoms with Crippen LogP contribution in [0, 0.1) is 11.2 Å². The Bertz CT molecular complexity index is 1010. The number of nitrogens with one attached hydrogen (secondary N) is 3. The lowest BCUT2D eigenvalue weighted by atomic mass is 10.2. The van der Waals surface area contributed by atoms with Gasteiger partial charge in [0.05, 0.1) is 25.6 Å². The van der Waals surface area contributed by atoms with Crippen LogP contribution >= 0.6 is 0 Å². The number of alkyl carbamates (subject to hydrolysis) is 1. The van der Waals surface area contributed by atoms with E-state index in [0.29, 0.717) is 6.42 Å². The number of carbonyl (C=O) groups excluding carboxylic acids is 3. The van der Waals surface area contributed by atoms with Gasteiger partial charge in [-0.3, -0.25) is 15.5 Å². The predicted molar refractivity (Wildman–Crippen MR) is 115 cm³/mol. The van der Waals surface area contributed by atoms with Gasteiger partial charge in [-0.1, -0.05) is 13.0 Å². The molecule has 2 rings (SSSR count). The molecule has 3 amide bonds. The van der Waals surface area contributed by atoms with Crippen molar-refractivity contribution in [2.24, 2.45) is 0 Å². The fourth-order valence-corrected chi connectivity index (χ4v) is 2.59. The number of anilines is 2. The first-order chi connectivity index (χ1) is 15.3. The van der Waals surface area contributed by atoms with Gasteiger partial charge in [-0.15, -0.1) is 0 Å². The summed E-state index contributed by atoms with van der Waals surface area (Å²) in [6.07, 6.45) is -1.21. The molecule has 32 heavy (non-hydrogen) atoms. The lowest BCUT2D eigenvalue weighted by molar-refractivity contribution is -0.116. The summed E-state index contributed by atoms with van der Waals surface area (Å²) in [5.74, 6) is -1.07. The number of amides is 3. The summed E-state index contributed by atoms with van der Waals surface area (Å²) >= 11 is 0. The van der Waals surface area contributed by atoms with E-state index in [1.807, 2.05) is 6.92 Å². The second-order valence-electron chi connectivity index (χ2n) is 6.31. The number of hydrogen-bond donors (Lipinski definition) is 3. The van der Waals surface area contributed by atoms with E-state index in [1.165, 1.54) is 36.4 Å². The summed E-state index contributed by atoms with van der Waals surface area (Å²) < 4.78 is 28.3. The molecule has 0 spiro atoms. The summed E-state index contributed by atoms with van der Waals surface area (Å²) in [5, 5.41) is 12.8. The van der Waals surface area contributed by atoms with Crippen molar-refractivity contribution >= 4 is 35.4 Å². The molecule has 0 aliphatic carbocycles. The first-order valence-corrected chi connectivity index (χ1v) is 9.48.